The van der Waals surface area contributed by atoms with Crippen LogP contribution >= 0.6 is 0 Å². The van der Waals surface area contributed by atoms with Crippen LogP contribution in [0.1, 0.15) is 71.6 Å². The molecule has 0 unspecified atom stereocenters. The minimum absolute atomic E-state index is 0.327. The second-order valence-electron chi connectivity index (χ2n) is 5.92. The molecule has 0 amide bonds. The van der Waals surface area contributed by atoms with Crippen molar-refractivity contribution in [2.75, 3.05) is 0 Å². The van der Waals surface area contributed by atoms with E-state index >= 15 is 0 Å². The summed E-state index contributed by atoms with van der Waals surface area (Å²) in [4.78, 5) is 20.7. The topological polar surface area (TPSA) is 74.6 Å². The van der Waals surface area contributed by atoms with Gasteiger partial charge >= 0.3 is 11.9 Å². The molecule has 1 aliphatic rings. The van der Waals surface area contributed by atoms with Crippen LogP contribution in [0.2, 0.25) is 0 Å². The molecule has 0 aromatic rings. The molecule has 0 saturated heterocycles. The van der Waals surface area contributed by atoms with Crippen molar-refractivity contribution in [1.82, 2.24) is 0 Å². The number of unbranched alkanes of at least 4 members (excludes halogenated alkanes) is 2. The van der Waals surface area contributed by atoms with Crippen molar-refractivity contribution in [1.29, 1.82) is 0 Å². The molecule has 0 aromatic carbocycles. The van der Waals surface area contributed by atoms with Gasteiger partial charge in [0.05, 0.1) is 0 Å². The maximum absolute atomic E-state index is 10.5. The zero-order valence-electron chi connectivity index (χ0n) is 13.9. The van der Waals surface area contributed by atoms with Gasteiger partial charge in [0, 0.05) is 11.1 Å². The van der Waals surface area contributed by atoms with Gasteiger partial charge in [-0.1, -0.05) is 51.7 Å². The van der Waals surface area contributed by atoms with E-state index in [1.165, 1.54) is 32.1 Å². The first-order valence-corrected chi connectivity index (χ1v) is 8.21. The summed E-state index contributed by atoms with van der Waals surface area (Å²) in [6.07, 6.45) is 11.9. The van der Waals surface area contributed by atoms with Crippen LogP contribution in [0.4, 0.5) is 0 Å². The second-order valence-corrected chi connectivity index (χ2v) is 5.92. The second kappa shape index (κ2) is 12.0. The Balaban J connectivity index is 0.000000409. The van der Waals surface area contributed by atoms with Crippen LogP contribution in [0.5, 0.6) is 0 Å². The first kappa shape index (κ1) is 20.4. The maximum atomic E-state index is 10.5. The van der Waals surface area contributed by atoms with Gasteiger partial charge in [-0.15, -0.1) is 0 Å². The average Bonchev–Trinajstić information content (AvgIpc) is 2.48. The highest BCUT2D eigenvalue weighted by Crippen LogP contribution is 2.25. The Morgan fingerprint density at radius 2 is 1.68 bits per heavy atom. The summed E-state index contributed by atoms with van der Waals surface area (Å²) >= 11 is 0. The average molecular weight is 310 g/mol. The quantitative estimate of drug-likeness (QED) is 0.523. The lowest BCUT2D eigenvalue weighted by Gasteiger charge is -2.18. The Morgan fingerprint density at radius 3 is 2.14 bits per heavy atom. The van der Waals surface area contributed by atoms with Gasteiger partial charge in [0.25, 0.3) is 0 Å². The van der Waals surface area contributed by atoms with Crippen LogP contribution in [-0.4, -0.2) is 22.2 Å². The molecule has 4 nitrogen and oxygen atoms in total. The Labute approximate surface area is 133 Å². The van der Waals surface area contributed by atoms with E-state index in [0.717, 1.165) is 19.3 Å². The molecule has 1 saturated carbocycles. The van der Waals surface area contributed by atoms with Gasteiger partial charge in [-0.05, 0) is 38.5 Å². The number of aliphatic carboxylic acids is 2. The van der Waals surface area contributed by atoms with Gasteiger partial charge < -0.3 is 10.2 Å². The molecule has 0 spiro atoms. The van der Waals surface area contributed by atoms with Crippen LogP contribution in [0.3, 0.4) is 0 Å². The fourth-order valence-corrected chi connectivity index (χ4v) is 2.42. The predicted molar refractivity (Wildman–Crippen MR) is 88.9 cm³/mol. The largest absolute Gasteiger partial charge is 0.478 e. The van der Waals surface area contributed by atoms with Crippen molar-refractivity contribution in [3.63, 3.8) is 0 Å². The SMILES string of the molecule is C=C(CCCCC)C(=O)O.CC(=CC1CCCCC1)C(=O)O. The summed E-state index contributed by atoms with van der Waals surface area (Å²) in [5.41, 5.74) is 0.829. The zero-order chi connectivity index (χ0) is 17.0. The van der Waals surface area contributed by atoms with E-state index in [4.69, 9.17) is 10.2 Å². The van der Waals surface area contributed by atoms with Gasteiger partial charge in [-0.2, -0.15) is 0 Å². The highest BCUT2D eigenvalue weighted by atomic mass is 16.4. The van der Waals surface area contributed by atoms with Crippen molar-refractivity contribution >= 4 is 11.9 Å². The number of hydrogen-bond donors (Lipinski definition) is 2. The molecule has 0 heterocycles. The zero-order valence-corrected chi connectivity index (χ0v) is 13.9. The van der Waals surface area contributed by atoms with Gasteiger partial charge in [0.2, 0.25) is 0 Å². The van der Waals surface area contributed by atoms with Gasteiger partial charge in [-0.3, -0.25) is 0 Å². The van der Waals surface area contributed by atoms with Crippen molar-refractivity contribution in [2.24, 2.45) is 5.92 Å². The number of hydrogen-bond acceptors (Lipinski definition) is 2. The fourth-order valence-electron chi connectivity index (χ4n) is 2.42. The number of carboxylic acid groups (broad SMARTS) is 2. The van der Waals surface area contributed by atoms with Gasteiger partial charge in [0.1, 0.15) is 0 Å². The molecule has 2 N–H and O–H groups in total. The number of carboxylic acids is 2. The first-order valence-electron chi connectivity index (χ1n) is 8.21. The summed E-state index contributed by atoms with van der Waals surface area (Å²) in [6.45, 7) is 7.19. The number of carbonyl (C=O) groups is 2. The van der Waals surface area contributed by atoms with E-state index in [1.807, 2.05) is 6.08 Å². The van der Waals surface area contributed by atoms with Crippen LogP contribution in [-0.2, 0) is 9.59 Å². The molecule has 0 bridgehead atoms. The normalized spacial score (nSPS) is 15.6. The van der Waals surface area contributed by atoms with Crippen LogP contribution in [0, 0.1) is 5.92 Å². The molecule has 1 rings (SSSR count). The molecule has 0 aliphatic heterocycles. The van der Waals surface area contributed by atoms with Crippen molar-refractivity contribution in [2.45, 2.75) is 71.6 Å². The molecule has 4 heteroatoms. The lowest BCUT2D eigenvalue weighted by molar-refractivity contribution is -0.133. The Hall–Kier alpha value is -1.58. The molecule has 126 valence electrons. The summed E-state index contributed by atoms with van der Waals surface area (Å²) in [5.74, 6) is -1.12. The van der Waals surface area contributed by atoms with Gasteiger partial charge in [-0.25, -0.2) is 9.59 Å². The molecular formula is C18H30O4. The van der Waals surface area contributed by atoms with E-state index in [1.54, 1.807) is 6.92 Å². The van der Waals surface area contributed by atoms with E-state index in [9.17, 15) is 9.59 Å². The van der Waals surface area contributed by atoms with E-state index in [-0.39, 0.29) is 0 Å². The number of allylic oxidation sites excluding steroid dienone is 1. The number of rotatable bonds is 7. The van der Waals surface area contributed by atoms with Crippen molar-refractivity contribution in [3.05, 3.63) is 23.8 Å². The lowest BCUT2D eigenvalue weighted by atomic mass is 9.88. The molecule has 1 fully saturated rings. The third-order valence-corrected chi connectivity index (χ3v) is 3.86. The highest BCUT2D eigenvalue weighted by Gasteiger charge is 2.12. The van der Waals surface area contributed by atoms with E-state index < -0.39 is 11.9 Å². The molecule has 0 aromatic heterocycles. The van der Waals surface area contributed by atoms with Gasteiger partial charge in [0.15, 0.2) is 0 Å². The minimum atomic E-state index is -0.865. The Morgan fingerprint density at radius 1 is 1.09 bits per heavy atom. The maximum Gasteiger partial charge on any atom is 0.330 e. The van der Waals surface area contributed by atoms with Crippen molar-refractivity contribution < 1.29 is 19.8 Å². The molecule has 1 aliphatic carbocycles. The van der Waals surface area contributed by atoms with Crippen LogP contribution in [0.25, 0.3) is 0 Å². The smallest absolute Gasteiger partial charge is 0.330 e. The first-order chi connectivity index (χ1) is 10.4. The fraction of sp³-hybridized carbons (Fsp3) is 0.667. The molecule has 22 heavy (non-hydrogen) atoms. The Kier molecular flexibility index (Phi) is 11.2. The van der Waals surface area contributed by atoms with Crippen LogP contribution in [0.15, 0.2) is 23.8 Å². The van der Waals surface area contributed by atoms with Crippen LogP contribution < -0.4 is 0 Å². The Bertz CT molecular complexity index is 390. The molecule has 0 radical (unpaired) electrons. The summed E-state index contributed by atoms with van der Waals surface area (Å²) < 4.78 is 0. The van der Waals surface area contributed by atoms with E-state index in [0.29, 0.717) is 23.5 Å². The summed E-state index contributed by atoms with van der Waals surface area (Å²) in [6, 6.07) is 0. The molecule has 0 atom stereocenters. The summed E-state index contributed by atoms with van der Waals surface area (Å²) in [7, 11) is 0. The third-order valence-electron chi connectivity index (χ3n) is 3.86. The predicted octanol–water partition coefficient (Wildman–Crippen LogP) is 4.81. The lowest BCUT2D eigenvalue weighted by Crippen LogP contribution is -2.06. The van der Waals surface area contributed by atoms with E-state index in [2.05, 4.69) is 13.5 Å². The third kappa shape index (κ3) is 10.2. The molecular weight excluding hydrogens is 280 g/mol. The standard InChI is InChI=1S/C10H16O2.C8H14O2/c1-8(10(11)12)7-9-5-3-2-4-6-9;1-3-4-5-6-7(2)8(9)10/h7,9H,2-6H2,1H3,(H,11,12);2-6H2,1H3,(H,9,10). The minimum Gasteiger partial charge on any atom is -0.478 e. The monoisotopic (exact) mass is 310 g/mol. The summed E-state index contributed by atoms with van der Waals surface area (Å²) in [5, 5.41) is 17.0. The van der Waals surface area contributed by atoms with Crippen molar-refractivity contribution in [3.8, 4) is 0 Å². The highest BCUT2D eigenvalue weighted by molar-refractivity contribution is 5.86.